The number of rotatable bonds is 6. The fraction of sp³-hybridized carbons (Fsp3) is 0.167. The van der Waals surface area contributed by atoms with Crippen molar-refractivity contribution in [3.05, 3.63) is 72.8 Å². The van der Waals surface area contributed by atoms with Gasteiger partial charge in [-0.25, -0.2) is 0 Å². The summed E-state index contributed by atoms with van der Waals surface area (Å²) in [6.45, 7) is 5.36. The molecule has 0 radical (unpaired) electrons. The molecular weight excluding hydrogens is 295 g/mol. The Morgan fingerprint density at radius 3 is 1.86 bits per heavy atom. The zero-order valence-electron chi connectivity index (χ0n) is 12.6. The Bertz CT molecular complexity index is 649. The average molecular weight is 314 g/mol. The molecule has 0 N–H and O–H groups in total. The molecule has 3 nitrogen and oxygen atoms in total. The number of ether oxygens (including phenoxy) is 1. The molecule has 114 valence electrons. The van der Waals surface area contributed by atoms with Gasteiger partial charge < -0.3 is 9.30 Å². The molecule has 0 aliphatic heterocycles. The lowest BCUT2D eigenvalue weighted by Gasteiger charge is -2.20. The van der Waals surface area contributed by atoms with E-state index in [0.717, 1.165) is 10.6 Å². The van der Waals surface area contributed by atoms with Crippen LogP contribution in [0.4, 0.5) is 0 Å². The number of carbonyl (C=O) groups excluding carboxylic acids is 1. The fourth-order valence-electron chi connectivity index (χ4n) is 2.23. The predicted octanol–water partition coefficient (Wildman–Crippen LogP) is 3.12. The maximum Gasteiger partial charge on any atom is 0.302 e. The van der Waals surface area contributed by atoms with Crippen molar-refractivity contribution in [2.24, 2.45) is 0 Å². The van der Waals surface area contributed by atoms with Crippen molar-refractivity contribution >= 4 is 23.7 Å². The van der Waals surface area contributed by atoms with Crippen LogP contribution in [0.1, 0.15) is 6.92 Å². The standard InChI is InChI=1S/C18H19O3P/c1-15(13-21-16(2)19)14-22(20,17-9-5-3-6-10-17)18-11-7-4-8-12-18/h3-12H,1,13-14H2,2H3. The number of esters is 1. The second kappa shape index (κ2) is 7.24. The lowest BCUT2D eigenvalue weighted by Crippen LogP contribution is -2.20. The molecule has 0 saturated carbocycles. The van der Waals surface area contributed by atoms with Crippen LogP contribution >= 0.6 is 7.14 Å². The molecule has 22 heavy (non-hydrogen) atoms. The minimum absolute atomic E-state index is 0.0962. The maximum absolute atomic E-state index is 13.7. The van der Waals surface area contributed by atoms with E-state index < -0.39 is 7.14 Å². The Hall–Kier alpha value is -2.12. The van der Waals surface area contributed by atoms with Crippen molar-refractivity contribution in [2.45, 2.75) is 6.92 Å². The molecule has 0 bridgehead atoms. The molecule has 4 heteroatoms. The summed E-state index contributed by atoms with van der Waals surface area (Å²) in [5, 5.41) is 1.57. The fourth-order valence-corrected chi connectivity index (χ4v) is 4.93. The van der Waals surface area contributed by atoms with Crippen molar-refractivity contribution in [2.75, 3.05) is 12.8 Å². The zero-order chi connectivity index (χ0) is 16.0. The second-order valence-electron chi connectivity index (χ2n) is 5.10. The van der Waals surface area contributed by atoms with Gasteiger partial charge in [-0.05, 0) is 5.57 Å². The summed E-state index contributed by atoms with van der Waals surface area (Å²) in [5.41, 5.74) is 0.645. The summed E-state index contributed by atoms with van der Waals surface area (Å²) in [4.78, 5) is 10.9. The Balaban J connectivity index is 2.33. The van der Waals surface area contributed by atoms with Crippen LogP contribution in [0.5, 0.6) is 0 Å². The van der Waals surface area contributed by atoms with Crippen LogP contribution in [-0.2, 0) is 14.1 Å². The molecule has 0 fully saturated rings. The van der Waals surface area contributed by atoms with Gasteiger partial charge in [0.15, 0.2) is 0 Å². The molecule has 2 rings (SSSR count). The van der Waals surface area contributed by atoms with E-state index in [1.807, 2.05) is 60.7 Å². The quantitative estimate of drug-likeness (QED) is 0.467. The average Bonchev–Trinajstić information content (AvgIpc) is 2.54. The highest BCUT2D eigenvalue weighted by Gasteiger charge is 2.27. The summed E-state index contributed by atoms with van der Waals surface area (Å²) in [5.74, 6) is -0.365. The number of carbonyl (C=O) groups is 1. The lowest BCUT2D eigenvalue weighted by atomic mass is 10.4. The van der Waals surface area contributed by atoms with Crippen LogP contribution < -0.4 is 10.6 Å². The van der Waals surface area contributed by atoms with E-state index in [0.29, 0.717) is 5.57 Å². The van der Waals surface area contributed by atoms with Crippen LogP contribution in [0, 0.1) is 0 Å². The highest BCUT2D eigenvalue weighted by Crippen LogP contribution is 2.44. The largest absolute Gasteiger partial charge is 0.461 e. The van der Waals surface area contributed by atoms with Crippen molar-refractivity contribution in [1.29, 1.82) is 0 Å². The van der Waals surface area contributed by atoms with E-state index in [4.69, 9.17) is 4.74 Å². The van der Waals surface area contributed by atoms with Crippen LogP contribution in [0.3, 0.4) is 0 Å². The summed E-state index contributed by atoms with van der Waals surface area (Å²) >= 11 is 0. The van der Waals surface area contributed by atoms with Crippen LogP contribution in [0.25, 0.3) is 0 Å². The Kier molecular flexibility index (Phi) is 5.35. The first kappa shape index (κ1) is 16.3. The van der Waals surface area contributed by atoms with Gasteiger partial charge in [0.1, 0.15) is 13.7 Å². The molecule has 0 amide bonds. The molecule has 0 heterocycles. The normalized spacial score (nSPS) is 11.0. The number of benzene rings is 2. The van der Waals surface area contributed by atoms with E-state index in [9.17, 15) is 9.36 Å². The first-order valence-electron chi connectivity index (χ1n) is 7.02. The van der Waals surface area contributed by atoms with Crippen LogP contribution in [0.2, 0.25) is 0 Å². The van der Waals surface area contributed by atoms with E-state index in [1.165, 1.54) is 6.92 Å². The Morgan fingerprint density at radius 2 is 1.45 bits per heavy atom. The van der Waals surface area contributed by atoms with Gasteiger partial charge in [0.2, 0.25) is 0 Å². The van der Waals surface area contributed by atoms with Crippen LogP contribution in [0.15, 0.2) is 72.8 Å². The van der Waals surface area contributed by atoms with Gasteiger partial charge in [0, 0.05) is 23.7 Å². The monoisotopic (exact) mass is 314 g/mol. The van der Waals surface area contributed by atoms with Gasteiger partial charge in [0.25, 0.3) is 0 Å². The van der Waals surface area contributed by atoms with Gasteiger partial charge in [-0.15, -0.1) is 0 Å². The first-order chi connectivity index (χ1) is 10.5. The molecule has 0 aliphatic carbocycles. The topological polar surface area (TPSA) is 43.4 Å². The minimum atomic E-state index is -2.83. The molecular formula is C18H19O3P. The number of hydrogen-bond acceptors (Lipinski definition) is 3. The van der Waals surface area contributed by atoms with Crippen molar-refractivity contribution in [3.8, 4) is 0 Å². The third kappa shape index (κ3) is 3.96. The third-order valence-corrected chi connectivity index (χ3v) is 6.43. The zero-order valence-corrected chi connectivity index (χ0v) is 13.5. The van der Waals surface area contributed by atoms with Gasteiger partial charge >= 0.3 is 5.97 Å². The van der Waals surface area contributed by atoms with E-state index in [2.05, 4.69) is 6.58 Å². The summed E-state index contributed by atoms with van der Waals surface area (Å²) in [6, 6.07) is 18.8. The van der Waals surface area contributed by atoms with Crippen molar-refractivity contribution in [1.82, 2.24) is 0 Å². The van der Waals surface area contributed by atoms with Gasteiger partial charge in [-0.3, -0.25) is 4.79 Å². The lowest BCUT2D eigenvalue weighted by molar-refractivity contribution is -0.139. The molecule has 0 unspecified atom stereocenters. The predicted molar refractivity (Wildman–Crippen MR) is 90.4 cm³/mol. The smallest absolute Gasteiger partial charge is 0.302 e. The Morgan fingerprint density at radius 1 is 1.00 bits per heavy atom. The SMILES string of the molecule is C=C(COC(C)=O)CP(=O)(c1ccccc1)c1ccccc1. The van der Waals surface area contributed by atoms with E-state index in [-0.39, 0.29) is 18.7 Å². The molecule has 2 aromatic rings. The maximum atomic E-state index is 13.7. The highest BCUT2D eigenvalue weighted by molar-refractivity contribution is 7.78. The number of hydrogen-bond donors (Lipinski definition) is 0. The second-order valence-corrected chi connectivity index (χ2v) is 7.93. The van der Waals surface area contributed by atoms with E-state index in [1.54, 1.807) is 0 Å². The Labute approximate surface area is 131 Å². The molecule has 0 atom stereocenters. The molecule has 0 aliphatic rings. The van der Waals surface area contributed by atoms with Gasteiger partial charge in [-0.1, -0.05) is 67.2 Å². The summed E-state index contributed by atoms with van der Waals surface area (Å²) in [7, 11) is -2.83. The molecule has 2 aromatic carbocycles. The van der Waals surface area contributed by atoms with Gasteiger partial charge in [0.05, 0.1) is 0 Å². The van der Waals surface area contributed by atoms with Crippen molar-refractivity contribution < 1.29 is 14.1 Å². The molecule has 0 saturated heterocycles. The molecule has 0 aromatic heterocycles. The summed E-state index contributed by atoms with van der Waals surface area (Å²) < 4.78 is 18.6. The molecule has 0 spiro atoms. The van der Waals surface area contributed by atoms with E-state index >= 15 is 0 Å². The summed E-state index contributed by atoms with van der Waals surface area (Å²) in [6.07, 6.45) is 0.286. The highest BCUT2D eigenvalue weighted by atomic mass is 31.2. The van der Waals surface area contributed by atoms with Gasteiger partial charge in [-0.2, -0.15) is 0 Å². The minimum Gasteiger partial charge on any atom is -0.461 e. The van der Waals surface area contributed by atoms with Crippen molar-refractivity contribution in [3.63, 3.8) is 0 Å². The van der Waals surface area contributed by atoms with Crippen LogP contribution in [-0.4, -0.2) is 18.7 Å². The third-order valence-electron chi connectivity index (χ3n) is 3.27. The first-order valence-corrected chi connectivity index (χ1v) is 8.92.